The van der Waals surface area contributed by atoms with Crippen molar-refractivity contribution in [3.63, 3.8) is 0 Å². The summed E-state index contributed by atoms with van der Waals surface area (Å²) in [5.74, 6) is -1.54. The van der Waals surface area contributed by atoms with E-state index < -0.39 is 18.0 Å². The van der Waals surface area contributed by atoms with E-state index in [1.807, 2.05) is 6.92 Å². The molecule has 0 aliphatic carbocycles. The number of fused-ring (bicyclic) bond motifs is 1. The van der Waals surface area contributed by atoms with E-state index in [1.165, 1.54) is 13.3 Å². The highest BCUT2D eigenvalue weighted by Gasteiger charge is 2.18. The van der Waals surface area contributed by atoms with E-state index in [9.17, 15) is 9.59 Å². The van der Waals surface area contributed by atoms with E-state index in [2.05, 4.69) is 15.4 Å². The average molecular weight is 292 g/mol. The Labute approximate surface area is 120 Å². The van der Waals surface area contributed by atoms with Crippen molar-refractivity contribution in [3.8, 4) is 0 Å². The Kier molecular flexibility index (Phi) is 4.18. The van der Waals surface area contributed by atoms with Gasteiger partial charge in [0.05, 0.1) is 17.8 Å². The summed E-state index contributed by atoms with van der Waals surface area (Å²) >= 11 is 0. The van der Waals surface area contributed by atoms with Crippen molar-refractivity contribution in [2.75, 3.05) is 13.7 Å². The van der Waals surface area contributed by atoms with Crippen LogP contribution in [0.15, 0.2) is 12.3 Å². The van der Waals surface area contributed by atoms with Gasteiger partial charge in [-0.3, -0.25) is 9.48 Å². The predicted molar refractivity (Wildman–Crippen MR) is 74.0 cm³/mol. The monoisotopic (exact) mass is 292 g/mol. The van der Waals surface area contributed by atoms with Gasteiger partial charge in [0.25, 0.3) is 5.91 Å². The largest absolute Gasteiger partial charge is 0.479 e. The van der Waals surface area contributed by atoms with Crippen molar-refractivity contribution in [2.24, 2.45) is 7.05 Å². The van der Waals surface area contributed by atoms with Crippen LogP contribution in [-0.2, 0) is 16.6 Å². The molecule has 8 nitrogen and oxygen atoms in total. The van der Waals surface area contributed by atoms with Gasteiger partial charge in [-0.15, -0.1) is 0 Å². The van der Waals surface area contributed by atoms with E-state index in [1.54, 1.807) is 17.8 Å². The van der Waals surface area contributed by atoms with Gasteiger partial charge >= 0.3 is 5.97 Å². The molecule has 2 heterocycles. The Morgan fingerprint density at radius 1 is 1.52 bits per heavy atom. The molecule has 2 N–H and O–H groups in total. The average Bonchev–Trinajstić information content (AvgIpc) is 2.73. The number of pyridine rings is 1. The second kappa shape index (κ2) is 5.88. The molecule has 0 aliphatic heterocycles. The Hall–Kier alpha value is -2.48. The second-order valence-electron chi connectivity index (χ2n) is 4.58. The molecule has 0 aliphatic rings. The van der Waals surface area contributed by atoms with Crippen LogP contribution in [0, 0.1) is 6.92 Å². The van der Waals surface area contributed by atoms with Gasteiger partial charge in [0.2, 0.25) is 0 Å². The lowest BCUT2D eigenvalue weighted by Gasteiger charge is -2.11. The molecule has 1 unspecified atom stereocenters. The molecule has 112 valence electrons. The smallest absolute Gasteiger partial charge is 0.334 e. The zero-order valence-electron chi connectivity index (χ0n) is 12.0. The summed E-state index contributed by atoms with van der Waals surface area (Å²) in [7, 11) is 3.05. The van der Waals surface area contributed by atoms with Gasteiger partial charge < -0.3 is 15.2 Å². The topological polar surface area (TPSA) is 106 Å². The number of carbonyl (C=O) groups excluding carboxylic acids is 1. The zero-order chi connectivity index (χ0) is 15.6. The van der Waals surface area contributed by atoms with Crippen molar-refractivity contribution in [3.05, 3.63) is 23.5 Å². The lowest BCUT2D eigenvalue weighted by molar-refractivity contribution is -0.148. The molecule has 2 aromatic heterocycles. The molecule has 2 aromatic rings. The Bertz CT molecular complexity index is 695. The highest BCUT2D eigenvalue weighted by molar-refractivity contribution is 5.97. The lowest BCUT2D eigenvalue weighted by atomic mass is 10.2. The Balaban J connectivity index is 2.16. The first-order valence-electron chi connectivity index (χ1n) is 6.27. The number of hydrogen-bond acceptors (Lipinski definition) is 5. The van der Waals surface area contributed by atoms with Gasteiger partial charge in [-0.2, -0.15) is 5.10 Å². The summed E-state index contributed by atoms with van der Waals surface area (Å²) < 4.78 is 6.38. The fraction of sp³-hybridized carbons (Fsp3) is 0.385. The van der Waals surface area contributed by atoms with Crippen LogP contribution < -0.4 is 5.32 Å². The first-order valence-corrected chi connectivity index (χ1v) is 6.27. The van der Waals surface area contributed by atoms with E-state index >= 15 is 0 Å². The summed E-state index contributed by atoms with van der Waals surface area (Å²) in [5.41, 5.74) is 1.80. The molecular weight excluding hydrogens is 276 g/mol. The first-order chi connectivity index (χ1) is 9.93. The van der Waals surface area contributed by atoms with Gasteiger partial charge in [-0.1, -0.05) is 0 Å². The second-order valence-corrected chi connectivity index (χ2v) is 4.58. The number of nitrogens with one attached hydrogen (secondary N) is 1. The predicted octanol–water partition coefficient (Wildman–Crippen LogP) is 0.106. The minimum atomic E-state index is -1.13. The summed E-state index contributed by atoms with van der Waals surface area (Å²) in [6.07, 6.45) is 0.354. The molecule has 1 atom stereocenters. The summed E-state index contributed by atoms with van der Waals surface area (Å²) in [6.45, 7) is 1.71. The van der Waals surface area contributed by atoms with Crippen molar-refractivity contribution >= 4 is 22.9 Å². The number of ether oxygens (including phenoxy) is 1. The molecule has 21 heavy (non-hydrogen) atoms. The molecule has 0 aromatic carbocycles. The normalized spacial score (nSPS) is 12.3. The van der Waals surface area contributed by atoms with E-state index in [0.29, 0.717) is 11.2 Å². The fourth-order valence-electron chi connectivity index (χ4n) is 1.99. The van der Waals surface area contributed by atoms with Gasteiger partial charge in [-0.05, 0) is 13.0 Å². The van der Waals surface area contributed by atoms with Crippen LogP contribution in [0.4, 0.5) is 0 Å². The molecule has 2 rings (SSSR count). The molecule has 0 bridgehead atoms. The van der Waals surface area contributed by atoms with Crippen LogP contribution in [0.25, 0.3) is 11.0 Å². The molecular formula is C13H16N4O4. The number of hydrogen-bond donors (Lipinski definition) is 2. The molecule has 0 saturated heterocycles. The number of carboxylic acids is 1. The maximum atomic E-state index is 12.0. The number of aryl methyl sites for hydroxylation is 2. The molecule has 0 fully saturated rings. The van der Waals surface area contributed by atoms with Crippen LogP contribution in [0.2, 0.25) is 0 Å². The molecule has 0 saturated carbocycles. The first kappa shape index (κ1) is 14.9. The van der Waals surface area contributed by atoms with Crippen molar-refractivity contribution in [1.29, 1.82) is 0 Å². The number of amides is 1. The molecule has 0 radical (unpaired) electrons. The molecule has 8 heteroatoms. The van der Waals surface area contributed by atoms with Crippen LogP contribution in [0.3, 0.4) is 0 Å². The fourth-order valence-corrected chi connectivity index (χ4v) is 1.99. The summed E-state index contributed by atoms with van der Waals surface area (Å²) in [4.78, 5) is 27.0. The maximum absolute atomic E-state index is 12.0. The third-order valence-corrected chi connectivity index (χ3v) is 3.13. The maximum Gasteiger partial charge on any atom is 0.334 e. The van der Waals surface area contributed by atoms with Gasteiger partial charge in [0.15, 0.2) is 11.8 Å². The summed E-state index contributed by atoms with van der Waals surface area (Å²) in [5, 5.41) is 16.4. The third kappa shape index (κ3) is 3.00. The number of carbonyl (C=O) groups is 2. The Morgan fingerprint density at radius 2 is 2.24 bits per heavy atom. The molecule has 1 amide bonds. The van der Waals surface area contributed by atoms with Gasteiger partial charge in [0.1, 0.15) is 0 Å². The number of nitrogens with zero attached hydrogens (tertiary/aromatic N) is 3. The van der Waals surface area contributed by atoms with Crippen LogP contribution in [-0.4, -0.2) is 51.5 Å². The quantitative estimate of drug-likeness (QED) is 0.810. The van der Waals surface area contributed by atoms with E-state index in [0.717, 1.165) is 11.1 Å². The van der Waals surface area contributed by atoms with Crippen LogP contribution in [0.5, 0.6) is 0 Å². The number of rotatable bonds is 5. The minimum Gasteiger partial charge on any atom is -0.479 e. The third-order valence-electron chi connectivity index (χ3n) is 3.13. The standard InChI is InChI=1S/C13H16N4O4/c1-7-9-4-8(5-14-11(9)17(2)16-7)12(18)15-6-10(21-3)13(19)20/h4-5,10H,6H2,1-3H3,(H,15,18)(H,19,20). The van der Waals surface area contributed by atoms with Crippen molar-refractivity contribution in [2.45, 2.75) is 13.0 Å². The highest BCUT2D eigenvalue weighted by Crippen LogP contribution is 2.16. The van der Waals surface area contributed by atoms with E-state index in [-0.39, 0.29) is 6.54 Å². The molecule has 0 spiro atoms. The van der Waals surface area contributed by atoms with Crippen molar-refractivity contribution < 1.29 is 19.4 Å². The number of methoxy groups -OCH3 is 1. The van der Waals surface area contributed by atoms with Gasteiger partial charge in [-0.25, -0.2) is 9.78 Å². The summed E-state index contributed by atoms with van der Waals surface area (Å²) in [6, 6.07) is 1.68. The van der Waals surface area contributed by atoms with Crippen LogP contribution in [0.1, 0.15) is 16.1 Å². The lowest BCUT2D eigenvalue weighted by Crippen LogP contribution is -2.37. The van der Waals surface area contributed by atoms with Gasteiger partial charge in [0, 0.05) is 25.7 Å². The number of aliphatic carboxylic acids is 1. The minimum absolute atomic E-state index is 0.116. The number of aromatic nitrogens is 3. The Morgan fingerprint density at radius 3 is 2.86 bits per heavy atom. The zero-order valence-corrected chi connectivity index (χ0v) is 12.0. The van der Waals surface area contributed by atoms with Crippen LogP contribution >= 0.6 is 0 Å². The van der Waals surface area contributed by atoms with Crippen molar-refractivity contribution in [1.82, 2.24) is 20.1 Å². The highest BCUT2D eigenvalue weighted by atomic mass is 16.5. The number of carboxylic acid groups (broad SMARTS) is 1. The van der Waals surface area contributed by atoms with E-state index in [4.69, 9.17) is 9.84 Å². The SMILES string of the molecule is COC(CNC(=O)c1cnc2c(c1)c(C)nn2C)C(=O)O.